The highest BCUT2D eigenvalue weighted by Crippen LogP contribution is 2.29. The molecule has 2 unspecified atom stereocenters. The number of aliphatic hydroxyl groups is 1. The van der Waals surface area contributed by atoms with E-state index in [9.17, 15) is 9.50 Å². The van der Waals surface area contributed by atoms with Crippen molar-refractivity contribution in [1.29, 1.82) is 5.26 Å². The SMILES string of the molecule is N#Cc1ccc(F)c(CN2CCCC2CC(O)c2ccco2)c1. The van der Waals surface area contributed by atoms with Gasteiger partial charge in [-0.1, -0.05) is 0 Å². The topological polar surface area (TPSA) is 60.4 Å². The van der Waals surface area contributed by atoms with Crippen LogP contribution in [0.2, 0.25) is 0 Å². The van der Waals surface area contributed by atoms with Crippen LogP contribution in [-0.4, -0.2) is 22.6 Å². The van der Waals surface area contributed by atoms with Gasteiger partial charge in [0.05, 0.1) is 17.9 Å². The molecule has 2 aromatic rings. The van der Waals surface area contributed by atoms with E-state index >= 15 is 0 Å². The van der Waals surface area contributed by atoms with Crippen molar-refractivity contribution in [3.05, 3.63) is 59.3 Å². The predicted molar refractivity (Wildman–Crippen MR) is 82.8 cm³/mol. The first-order valence-corrected chi connectivity index (χ1v) is 7.81. The molecule has 1 aliphatic heterocycles. The van der Waals surface area contributed by atoms with E-state index < -0.39 is 6.10 Å². The Bertz CT molecular complexity index is 694. The number of rotatable bonds is 5. The monoisotopic (exact) mass is 314 g/mol. The lowest BCUT2D eigenvalue weighted by Crippen LogP contribution is -2.30. The van der Waals surface area contributed by atoms with Crippen molar-refractivity contribution < 1.29 is 13.9 Å². The molecule has 2 atom stereocenters. The molecule has 0 radical (unpaired) electrons. The van der Waals surface area contributed by atoms with E-state index in [1.165, 1.54) is 12.1 Å². The maximum Gasteiger partial charge on any atom is 0.132 e. The molecule has 23 heavy (non-hydrogen) atoms. The van der Waals surface area contributed by atoms with Gasteiger partial charge >= 0.3 is 0 Å². The Morgan fingerprint density at radius 2 is 2.30 bits per heavy atom. The number of hydrogen-bond acceptors (Lipinski definition) is 4. The van der Waals surface area contributed by atoms with Gasteiger partial charge in [-0.05, 0) is 56.1 Å². The average molecular weight is 314 g/mol. The Labute approximate surface area is 134 Å². The molecule has 0 saturated carbocycles. The van der Waals surface area contributed by atoms with Crippen molar-refractivity contribution in [3.63, 3.8) is 0 Å². The molecule has 0 bridgehead atoms. The first kappa shape index (κ1) is 15.7. The molecule has 0 amide bonds. The van der Waals surface area contributed by atoms with E-state index in [0.717, 1.165) is 19.4 Å². The first-order chi connectivity index (χ1) is 11.2. The summed E-state index contributed by atoms with van der Waals surface area (Å²) in [5, 5.41) is 19.2. The standard InChI is InChI=1S/C18H19FN2O2/c19-16-6-5-13(11-20)9-14(16)12-21-7-1-3-15(21)10-17(22)18-4-2-8-23-18/h2,4-6,8-9,15,17,22H,1,3,7,10,12H2. The third kappa shape index (κ3) is 3.61. The van der Waals surface area contributed by atoms with Gasteiger partial charge in [0.15, 0.2) is 0 Å². The first-order valence-electron chi connectivity index (χ1n) is 7.81. The Morgan fingerprint density at radius 1 is 1.43 bits per heavy atom. The van der Waals surface area contributed by atoms with E-state index in [4.69, 9.17) is 9.68 Å². The molecule has 2 heterocycles. The minimum Gasteiger partial charge on any atom is -0.467 e. The van der Waals surface area contributed by atoms with Gasteiger partial charge in [-0.3, -0.25) is 4.90 Å². The molecular weight excluding hydrogens is 295 g/mol. The molecule has 5 heteroatoms. The highest BCUT2D eigenvalue weighted by atomic mass is 19.1. The maximum absolute atomic E-state index is 14.0. The van der Waals surface area contributed by atoms with E-state index in [2.05, 4.69) is 4.90 Å². The van der Waals surface area contributed by atoms with Gasteiger partial charge in [0.25, 0.3) is 0 Å². The van der Waals surface area contributed by atoms with Gasteiger partial charge in [-0.15, -0.1) is 0 Å². The molecule has 120 valence electrons. The van der Waals surface area contributed by atoms with Gasteiger partial charge in [0.1, 0.15) is 17.7 Å². The number of nitriles is 1. The van der Waals surface area contributed by atoms with Crippen LogP contribution in [0.15, 0.2) is 41.0 Å². The van der Waals surface area contributed by atoms with Crippen molar-refractivity contribution >= 4 is 0 Å². The van der Waals surface area contributed by atoms with Crippen LogP contribution >= 0.6 is 0 Å². The summed E-state index contributed by atoms with van der Waals surface area (Å²) in [5.74, 6) is 0.274. The molecule has 3 rings (SSSR count). The van der Waals surface area contributed by atoms with Crippen LogP contribution in [0.5, 0.6) is 0 Å². The number of benzene rings is 1. The fourth-order valence-electron chi connectivity index (χ4n) is 3.21. The van der Waals surface area contributed by atoms with E-state index in [0.29, 0.717) is 29.9 Å². The number of nitrogens with zero attached hydrogens (tertiary/aromatic N) is 2. The quantitative estimate of drug-likeness (QED) is 0.919. The molecule has 0 spiro atoms. The molecule has 1 aromatic heterocycles. The van der Waals surface area contributed by atoms with Crippen LogP contribution in [0.25, 0.3) is 0 Å². The molecule has 1 fully saturated rings. The number of aliphatic hydroxyl groups excluding tert-OH is 1. The third-order valence-electron chi connectivity index (χ3n) is 4.41. The van der Waals surface area contributed by atoms with Crippen molar-refractivity contribution in [2.24, 2.45) is 0 Å². The Kier molecular flexibility index (Phi) is 4.75. The van der Waals surface area contributed by atoms with Crippen LogP contribution in [0.4, 0.5) is 4.39 Å². The number of likely N-dealkylation sites (tertiary alicyclic amines) is 1. The van der Waals surface area contributed by atoms with E-state index in [1.54, 1.807) is 24.5 Å². The molecule has 4 nitrogen and oxygen atoms in total. The number of hydrogen-bond donors (Lipinski definition) is 1. The molecule has 1 aliphatic rings. The third-order valence-corrected chi connectivity index (χ3v) is 4.41. The summed E-state index contributed by atoms with van der Waals surface area (Å²) in [6.45, 7) is 1.32. The Morgan fingerprint density at radius 3 is 3.04 bits per heavy atom. The van der Waals surface area contributed by atoms with Crippen LogP contribution in [-0.2, 0) is 6.54 Å². The summed E-state index contributed by atoms with van der Waals surface area (Å²) in [6, 6.07) is 10.2. The van der Waals surface area contributed by atoms with Crippen molar-refractivity contribution in [1.82, 2.24) is 4.90 Å². The average Bonchev–Trinajstić information content (AvgIpc) is 3.22. The van der Waals surface area contributed by atoms with Crippen molar-refractivity contribution in [3.8, 4) is 6.07 Å². The van der Waals surface area contributed by atoms with E-state index in [1.807, 2.05) is 6.07 Å². The zero-order chi connectivity index (χ0) is 16.2. The lowest BCUT2D eigenvalue weighted by Gasteiger charge is -2.26. The van der Waals surface area contributed by atoms with Gasteiger partial charge in [0, 0.05) is 18.2 Å². The van der Waals surface area contributed by atoms with Gasteiger partial charge in [-0.2, -0.15) is 5.26 Å². The highest BCUT2D eigenvalue weighted by molar-refractivity contribution is 5.33. The van der Waals surface area contributed by atoms with Crippen LogP contribution in [0.3, 0.4) is 0 Å². The second kappa shape index (κ2) is 6.95. The summed E-state index contributed by atoms with van der Waals surface area (Å²) >= 11 is 0. The van der Waals surface area contributed by atoms with Crippen LogP contribution < -0.4 is 0 Å². The molecule has 1 saturated heterocycles. The molecular formula is C18H19FN2O2. The smallest absolute Gasteiger partial charge is 0.132 e. The molecule has 1 N–H and O–H groups in total. The summed E-state index contributed by atoms with van der Waals surface area (Å²) in [4.78, 5) is 2.17. The zero-order valence-corrected chi connectivity index (χ0v) is 12.8. The number of furan rings is 1. The summed E-state index contributed by atoms with van der Waals surface area (Å²) in [5.41, 5.74) is 0.996. The second-order valence-corrected chi connectivity index (χ2v) is 5.95. The Balaban J connectivity index is 1.69. The van der Waals surface area contributed by atoms with Crippen molar-refractivity contribution in [2.45, 2.75) is 38.0 Å². The van der Waals surface area contributed by atoms with E-state index in [-0.39, 0.29) is 11.9 Å². The Hall–Kier alpha value is -2.16. The predicted octanol–water partition coefficient (Wildman–Crippen LogP) is 3.38. The lowest BCUT2D eigenvalue weighted by atomic mass is 10.0. The largest absolute Gasteiger partial charge is 0.467 e. The van der Waals surface area contributed by atoms with Crippen molar-refractivity contribution in [2.75, 3.05) is 6.54 Å². The minimum atomic E-state index is -0.647. The minimum absolute atomic E-state index is 0.181. The molecule has 1 aromatic carbocycles. The van der Waals surface area contributed by atoms with Crippen LogP contribution in [0.1, 0.15) is 42.3 Å². The lowest BCUT2D eigenvalue weighted by molar-refractivity contribution is 0.0992. The summed E-state index contributed by atoms with van der Waals surface area (Å²) in [7, 11) is 0. The fraction of sp³-hybridized carbons (Fsp3) is 0.389. The van der Waals surface area contributed by atoms with Gasteiger partial charge < -0.3 is 9.52 Å². The van der Waals surface area contributed by atoms with Gasteiger partial charge in [0.2, 0.25) is 0 Å². The maximum atomic E-state index is 14.0. The second-order valence-electron chi connectivity index (χ2n) is 5.95. The summed E-state index contributed by atoms with van der Waals surface area (Å²) < 4.78 is 19.2. The van der Waals surface area contributed by atoms with Crippen LogP contribution in [0, 0.1) is 17.1 Å². The zero-order valence-electron chi connectivity index (χ0n) is 12.8. The molecule has 0 aliphatic carbocycles. The highest BCUT2D eigenvalue weighted by Gasteiger charge is 2.28. The normalized spacial score (nSPS) is 19.6. The summed E-state index contributed by atoms with van der Waals surface area (Å²) in [6.07, 6.45) is 3.46. The van der Waals surface area contributed by atoms with Gasteiger partial charge in [-0.25, -0.2) is 4.39 Å². The fourth-order valence-corrected chi connectivity index (χ4v) is 3.21. The number of halogens is 1.